The Morgan fingerprint density at radius 1 is 1.00 bits per heavy atom. The molecule has 14 heavy (non-hydrogen) atoms. The lowest BCUT2D eigenvalue weighted by Crippen LogP contribution is -2.10. The van der Waals surface area contributed by atoms with E-state index in [2.05, 4.69) is 0 Å². The molecule has 0 rings (SSSR count). The lowest BCUT2D eigenvalue weighted by atomic mass is 10.3. The van der Waals surface area contributed by atoms with Crippen LogP contribution in [0.15, 0.2) is 23.7 Å². The first-order chi connectivity index (χ1) is 6.34. The molecule has 0 aromatic carbocycles. The molecule has 6 nitrogen and oxygen atoms in total. The second-order valence-electron chi connectivity index (χ2n) is 2.03. The number of rotatable bonds is 4. The average molecular weight is 204 g/mol. The number of hydrogen-bond acceptors (Lipinski definition) is 4. The number of ketones is 1. The van der Waals surface area contributed by atoms with Crippen LogP contribution in [-0.4, -0.2) is 33.0 Å². The molecule has 0 aliphatic carbocycles. The van der Waals surface area contributed by atoms with E-state index in [0.717, 1.165) is 0 Å². The Bertz CT molecular complexity index is 340. The number of carbonyl (C=O) groups excluding carboxylic acids is 1. The summed E-state index contributed by atoms with van der Waals surface area (Å²) in [4.78, 5) is 30.2. The van der Waals surface area contributed by atoms with Crippen LogP contribution in [0, 0.1) is 0 Å². The minimum absolute atomic E-state index is 0.0129. The standard InChI is InChI=1S/C7H5FO6/c8-3(1-6(11)12)4(9)2-5(10)7(13)14/h1-2,9H,(H,11,12)(H,13,14). The predicted octanol–water partition coefficient (Wildman–Crippen LogP) is 0.0200. The number of carboxylic acids is 2. The normalized spacial score (nSPS) is 12.4. The zero-order chi connectivity index (χ0) is 11.3. The highest BCUT2D eigenvalue weighted by atomic mass is 19.1. The fraction of sp³-hybridized carbons (Fsp3) is 0. The van der Waals surface area contributed by atoms with Crippen LogP contribution in [0.3, 0.4) is 0 Å². The molecule has 76 valence electrons. The number of aliphatic hydroxyl groups is 1. The zero-order valence-corrected chi connectivity index (χ0v) is 6.60. The van der Waals surface area contributed by atoms with Gasteiger partial charge in [-0.3, -0.25) is 4.79 Å². The van der Waals surface area contributed by atoms with E-state index in [1.807, 2.05) is 0 Å². The third-order valence-corrected chi connectivity index (χ3v) is 0.973. The summed E-state index contributed by atoms with van der Waals surface area (Å²) in [6.45, 7) is 0. The SMILES string of the molecule is O=C(O)C=C(F)C(O)=CC(=O)C(=O)O. The molecule has 0 aliphatic rings. The summed E-state index contributed by atoms with van der Waals surface area (Å²) >= 11 is 0. The number of hydrogen-bond donors (Lipinski definition) is 3. The van der Waals surface area contributed by atoms with Crippen LogP contribution in [-0.2, 0) is 14.4 Å². The van der Waals surface area contributed by atoms with Gasteiger partial charge in [-0.1, -0.05) is 0 Å². The number of halogens is 1. The number of carboxylic acid groups (broad SMARTS) is 2. The monoisotopic (exact) mass is 204 g/mol. The molecular formula is C7H5FO6. The zero-order valence-electron chi connectivity index (χ0n) is 6.60. The highest BCUT2D eigenvalue weighted by Gasteiger charge is 2.12. The topological polar surface area (TPSA) is 112 Å². The van der Waals surface area contributed by atoms with Crippen molar-refractivity contribution in [2.75, 3.05) is 0 Å². The minimum atomic E-state index is -1.89. The van der Waals surface area contributed by atoms with Crippen molar-refractivity contribution >= 4 is 17.7 Å². The number of aliphatic hydroxyl groups excluding tert-OH is 1. The molecule has 0 aromatic heterocycles. The van der Waals surface area contributed by atoms with Crippen LogP contribution in [0.2, 0.25) is 0 Å². The van der Waals surface area contributed by atoms with Gasteiger partial charge in [0.2, 0.25) is 0 Å². The van der Waals surface area contributed by atoms with Gasteiger partial charge in [-0.05, 0) is 0 Å². The molecule has 0 spiro atoms. The summed E-state index contributed by atoms with van der Waals surface area (Å²) in [5.41, 5.74) is 0. The molecule has 0 aromatic rings. The number of allylic oxidation sites excluding steroid dienone is 1. The van der Waals surface area contributed by atoms with Gasteiger partial charge in [0.15, 0.2) is 11.6 Å². The van der Waals surface area contributed by atoms with Gasteiger partial charge in [0, 0.05) is 6.08 Å². The highest BCUT2D eigenvalue weighted by molar-refractivity contribution is 6.37. The molecule has 7 heteroatoms. The molecule has 0 unspecified atom stereocenters. The summed E-state index contributed by atoms with van der Waals surface area (Å²) in [5, 5.41) is 24.7. The third kappa shape index (κ3) is 4.00. The number of carbonyl (C=O) groups is 3. The predicted molar refractivity (Wildman–Crippen MR) is 40.2 cm³/mol. The van der Waals surface area contributed by atoms with Gasteiger partial charge in [0.25, 0.3) is 5.78 Å². The molecule has 0 amide bonds. The van der Waals surface area contributed by atoms with Crippen LogP contribution >= 0.6 is 0 Å². The van der Waals surface area contributed by atoms with Gasteiger partial charge >= 0.3 is 11.9 Å². The smallest absolute Gasteiger partial charge is 0.376 e. The van der Waals surface area contributed by atoms with Crippen LogP contribution in [0.25, 0.3) is 0 Å². The Kier molecular flexibility index (Phi) is 4.01. The lowest BCUT2D eigenvalue weighted by Gasteiger charge is -1.92. The third-order valence-electron chi connectivity index (χ3n) is 0.973. The van der Waals surface area contributed by atoms with E-state index in [1.54, 1.807) is 0 Å². The van der Waals surface area contributed by atoms with Crippen LogP contribution < -0.4 is 0 Å². The van der Waals surface area contributed by atoms with Crippen molar-refractivity contribution in [1.29, 1.82) is 0 Å². The van der Waals surface area contributed by atoms with Gasteiger partial charge in [-0.25, -0.2) is 14.0 Å². The van der Waals surface area contributed by atoms with Crippen LogP contribution in [0.5, 0.6) is 0 Å². The Morgan fingerprint density at radius 3 is 1.86 bits per heavy atom. The van der Waals surface area contributed by atoms with Crippen molar-refractivity contribution in [2.45, 2.75) is 0 Å². The maximum absolute atomic E-state index is 12.5. The first-order valence-corrected chi connectivity index (χ1v) is 3.13. The summed E-state index contributed by atoms with van der Waals surface area (Å²) < 4.78 is 12.5. The summed E-state index contributed by atoms with van der Waals surface area (Å²) in [5.74, 6) is -8.08. The van der Waals surface area contributed by atoms with E-state index in [9.17, 15) is 18.8 Å². The van der Waals surface area contributed by atoms with E-state index in [-0.39, 0.29) is 12.2 Å². The minimum Gasteiger partial charge on any atom is -0.505 e. The first kappa shape index (κ1) is 11.8. The molecule has 0 bridgehead atoms. The first-order valence-electron chi connectivity index (χ1n) is 3.13. The highest BCUT2D eigenvalue weighted by Crippen LogP contribution is 2.07. The molecule has 0 aliphatic heterocycles. The van der Waals surface area contributed by atoms with Crippen molar-refractivity contribution < 1.29 is 34.1 Å². The fourth-order valence-electron chi connectivity index (χ4n) is 0.437. The van der Waals surface area contributed by atoms with E-state index in [0.29, 0.717) is 0 Å². The molecule has 0 heterocycles. The van der Waals surface area contributed by atoms with E-state index in [1.165, 1.54) is 0 Å². The Balaban J connectivity index is 4.78. The Morgan fingerprint density at radius 2 is 1.50 bits per heavy atom. The van der Waals surface area contributed by atoms with Gasteiger partial charge in [-0.15, -0.1) is 0 Å². The number of aliphatic carboxylic acids is 2. The van der Waals surface area contributed by atoms with Gasteiger partial charge in [0.1, 0.15) is 0 Å². The molecule has 0 saturated heterocycles. The summed E-state index contributed by atoms with van der Waals surface area (Å²) in [7, 11) is 0. The van der Waals surface area contributed by atoms with E-state index >= 15 is 0 Å². The molecule has 0 fully saturated rings. The Hall–Kier alpha value is -2.18. The van der Waals surface area contributed by atoms with Crippen molar-refractivity contribution in [3.63, 3.8) is 0 Å². The molecule has 0 radical (unpaired) electrons. The van der Waals surface area contributed by atoms with Crippen molar-refractivity contribution in [3.8, 4) is 0 Å². The average Bonchev–Trinajstić information content (AvgIpc) is 2.02. The quantitative estimate of drug-likeness (QED) is 0.257. The van der Waals surface area contributed by atoms with Crippen LogP contribution in [0.4, 0.5) is 4.39 Å². The maximum atomic E-state index is 12.5. The van der Waals surface area contributed by atoms with Gasteiger partial charge in [-0.2, -0.15) is 0 Å². The molecule has 0 atom stereocenters. The molecule has 3 N–H and O–H groups in total. The lowest BCUT2D eigenvalue weighted by molar-refractivity contribution is -0.146. The van der Waals surface area contributed by atoms with Crippen molar-refractivity contribution in [1.82, 2.24) is 0 Å². The van der Waals surface area contributed by atoms with E-state index in [4.69, 9.17) is 15.3 Å². The summed E-state index contributed by atoms with van der Waals surface area (Å²) in [6.07, 6.45) is 0.0536. The molecular weight excluding hydrogens is 199 g/mol. The largest absolute Gasteiger partial charge is 0.505 e. The maximum Gasteiger partial charge on any atom is 0.376 e. The van der Waals surface area contributed by atoms with E-state index < -0.39 is 29.3 Å². The second-order valence-corrected chi connectivity index (χ2v) is 2.03. The van der Waals surface area contributed by atoms with Crippen molar-refractivity contribution in [3.05, 3.63) is 23.7 Å². The van der Waals surface area contributed by atoms with Crippen molar-refractivity contribution in [2.24, 2.45) is 0 Å². The summed E-state index contributed by atoms with van der Waals surface area (Å²) in [6, 6.07) is 0. The van der Waals surface area contributed by atoms with Gasteiger partial charge in [0.05, 0.1) is 6.08 Å². The molecule has 0 saturated carbocycles. The van der Waals surface area contributed by atoms with Crippen LogP contribution in [0.1, 0.15) is 0 Å². The second kappa shape index (κ2) is 4.75. The Labute approximate surface area is 76.6 Å². The van der Waals surface area contributed by atoms with Gasteiger partial charge < -0.3 is 15.3 Å². The fourth-order valence-corrected chi connectivity index (χ4v) is 0.437.